The molecule has 41 heavy (non-hydrogen) atoms. The number of nitrogens with two attached hydrogens (primary N) is 1. The first-order valence-electron chi connectivity index (χ1n) is 14.2. The molecule has 4 heterocycles. The summed E-state index contributed by atoms with van der Waals surface area (Å²) >= 11 is 0. The number of aromatic amines is 1. The summed E-state index contributed by atoms with van der Waals surface area (Å²) < 4.78 is 29.5. The van der Waals surface area contributed by atoms with Crippen LogP contribution in [-0.2, 0) is 0 Å². The van der Waals surface area contributed by atoms with Crippen LogP contribution in [0.5, 0.6) is 0 Å². The van der Waals surface area contributed by atoms with Gasteiger partial charge in [-0.3, -0.25) is 4.90 Å². The van der Waals surface area contributed by atoms with Gasteiger partial charge in [0.1, 0.15) is 17.8 Å². The standard InChI is InChI=1S/C30H33F2N9/c1-39-10-12-40(13-11-39)20-6-8-21(9-7-20)41-16-22(27-28(33)34-17-35-29(27)41)18-2-4-19(5-3-18)36-30-37-25-14-23(31)24(32)15-26(25)38-30/h2-5,14-17,20-21H,6-13H2,1H3,(H2,33,34,35)(H2,36,37,38)/t20-,21-. The molecule has 7 rings (SSSR count). The van der Waals surface area contributed by atoms with E-state index in [2.05, 4.69) is 52.9 Å². The minimum Gasteiger partial charge on any atom is -0.383 e. The van der Waals surface area contributed by atoms with Crippen molar-refractivity contribution in [3.05, 3.63) is 60.6 Å². The van der Waals surface area contributed by atoms with Gasteiger partial charge in [-0.1, -0.05) is 12.1 Å². The lowest BCUT2D eigenvalue weighted by atomic mass is 9.89. The molecular weight excluding hydrogens is 524 g/mol. The number of likely N-dealkylation sites (N-methyl/N-ethyl adjacent to an activating group) is 1. The average molecular weight is 558 g/mol. The maximum atomic E-state index is 13.6. The number of halogens is 2. The van der Waals surface area contributed by atoms with Crippen molar-refractivity contribution >= 4 is 39.5 Å². The summed E-state index contributed by atoms with van der Waals surface area (Å²) in [6.45, 7) is 4.61. The first-order chi connectivity index (χ1) is 19.9. The highest BCUT2D eigenvalue weighted by molar-refractivity contribution is 6.00. The second-order valence-electron chi connectivity index (χ2n) is 11.3. The Morgan fingerprint density at radius 1 is 0.927 bits per heavy atom. The maximum Gasteiger partial charge on any atom is 0.205 e. The zero-order valence-corrected chi connectivity index (χ0v) is 22.9. The van der Waals surface area contributed by atoms with E-state index in [4.69, 9.17) is 5.73 Å². The topological polar surface area (TPSA) is 104 Å². The van der Waals surface area contributed by atoms with Crippen molar-refractivity contribution in [2.45, 2.75) is 37.8 Å². The molecule has 5 aromatic rings. The molecule has 4 N–H and O–H groups in total. The van der Waals surface area contributed by atoms with E-state index in [1.54, 1.807) is 6.33 Å². The van der Waals surface area contributed by atoms with Gasteiger partial charge in [-0.05, 0) is 50.4 Å². The van der Waals surface area contributed by atoms with Crippen LogP contribution >= 0.6 is 0 Å². The van der Waals surface area contributed by atoms with E-state index >= 15 is 0 Å². The minimum atomic E-state index is -0.926. The number of anilines is 3. The van der Waals surface area contributed by atoms with Gasteiger partial charge in [-0.15, -0.1) is 0 Å². The van der Waals surface area contributed by atoms with Crippen LogP contribution in [0.25, 0.3) is 33.2 Å². The minimum absolute atomic E-state index is 0.351. The molecule has 0 spiro atoms. The van der Waals surface area contributed by atoms with Gasteiger partial charge in [0.05, 0.1) is 16.4 Å². The summed E-state index contributed by atoms with van der Waals surface area (Å²) in [5, 5.41) is 4.05. The quantitative estimate of drug-likeness (QED) is 0.269. The summed E-state index contributed by atoms with van der Waals surface area (Å²) in [7, 11) is 2.20. The van der Waals surface area contributed by atoms with Gasteiger partial charge in [0.2, 0.25) is 5.95 Å². The molecule has 1 aliphatic carbocycles. The third-order valence-corrected chi connectivity index (χ3v) is 8.74. The number of fused-ring (bicyclic) bond motifs is 2. The lowest BCUT2D eigenvalue weighted by Crippen LogP contribution is -2.49. The Bertz CT molecular complexity index is 1660. The van der Waals surface area contributed by atoms with Crippen LogP contribution in [0.15, 0.2) is 48.9 Å². The number of nitrogens with zero attached hydrogens (tertiary/aromatic N) is 6. The molecule has 0 unspecified atom stereocenters. The van der Waals surface area contributed by atoms with E-state index < -0.39 is 11.6 Å². The Balaban J connectivity index is 1.12. The van der Waals surface area contributed by atoms with Gasteiger partial charge in [0.25, 0.3) is 0 Å². The second-order valence-corrected chi connectivity index (χ2v) is 11.3. The molecule has 1 aliphatic heterocycles. The molecule has 212 valence electrons. The van der Waals surface area contributed by atoms with Gasteiger partial charge in [-0.2, -0.15) is 0 Å². The number of imidazole rings is 1. The smallest absolute Gasteiger partial charge is 0.205 e. The fraction of sp³-hybridized carbons (Fsp3) is 0.367. The predicted octanol–water partition coefficient (Wildman–Crippen LogP) is 5.31. The van der Waals surface area contributed by atoms with Crippen molar-refractivity contribution in [1.82, 2.24) is 34.3 Å². The van der Waals surface area contributed by atoms with Crippen molar-refractivity contribution in [3.8, 4) is 11.1 Å². The number of nitrogen functional groups attached to an aromatic ring is 1. The Kier molecular flexibility index (Phi) is 6.55. The fourth-order valence-corrected chi connectivity index (χ4v) is 6.43. The Morgan fingerprint density at radius 2 is 1.63 bits per heavy atom. The lowest BCUT2D eigenvalue weighted by Gasteiger charge is -2.41. The van der Waals surface area contributed by atoms with Gasteiger partial charge < -0.3 is 25.5 Å². The van der Waals surface area contributed by atoms with Crippen molar-refractivity contribution in [3.63, 3.8) is 0 Å². The van der Waals surface area contributed by atoms with Gasteiger partial charge in [0.15, 0.2) is 11.6 Å². The summed E-state index contributed by atoms with van der Waals surface area (Å²) in [6.07, 6.45) is 8.32. The van der Waals surface area contributed by atoms with Gasteiger partial charge in [-0.25, -0.2) is 23.7 Å². The molecule has 0 amide bonds. The molecule has 11 heteroatoms. The molecule has 1 saturated carbocycles. The highest BCUT2D eigenvalue weighted by Crippen LogP contribution is 2.39. The van der Waals surface area contributed by atoms with Crippen LogP contribution in [0.2, 0.25) is 0 Å². The number of nitrogens with one attached hydrogen (secondary N) is 2. The maximum absolute atomic E-state index is 13.6. The summed E-state index contributed by atoms with van der Waals surface area (Å²) in [5.74, 6) is -0.967. The van der Waals surface area contributed by atoms with E-state index in [-0.39, 0.29) is 0 Å². The van der Waals surface area contributed by atoms with Crippen LogP contribution in [0.1, 0.15) is 31.7 Å². The van der Waals surface area contributed by atoms with E-state index in [9.17, 15) is 8.78 Å². The van der Waals surface area contributed by atoms with E-state index in [0.29, 0.717) is 34.9 Å². The largest absolute Gasteiger partial charge is 0.383 e. The Morgan fingerprint density at radius 3 is 2.39 bits per heavy atom. The Hall–Kier alpha value is -4.09. The van der Waals surface area contributed by atoms with E-state index in [1.807, 2.05) is 24.3 Å². The predicted molar refractivity (Wildman–Crippen MR) is 157 cm³/mol. The van der Waals surface area contributed by atoms with Crippen molar-refractivity contribution in [2.24, 2.45) is 0 Å². The van der Waals surface area contributed by atoms with Crippen LogP contribution in [-0.4, -0.2) is 73.6 Å². The number of aromatic nitrogens is 5. The number of H-pyrrole nitrogens is 1. The van der Waals surface area contributed by atoms with Crippen molar-refractivity contribution in [2.75, 3.05) is 44.3 Å². The first kappa shape index (κ1) is 25.8. The third kappa shape index (κ3) is 4.89. The monoisotopic (exact) mass is 557 g/mol. The van der Waals surface area contributed by atoms with Crippen LogP contribution < -0.4 is 11.1 Å². The molecule has 1 saturated heterocycles. The van der Waals surface area contributed by atoms with Gasteiger partial charge >= 0.3 is 0 Å². The number of piperazine rings is 1. The summed E-state index contributed by atoms with van der Waals surface area (Å²) in [5.41, 5.74) is 10.8. The van der Waals surface area contributed by atoms with Crippen molar-refractivity contribution in [1.29, 1.82) is 0 Å². The summed E-state index contributed by atoms with van der Waals surface area (Å²) in [4.78, 5) is 21.4. The van der Waals surface area contributed by atoms with Crippen LogP contribution in [0, 0.1) is 11.6 Å². The zero-order valence-electron chi connectivity index (χ0n) is 22.9. The summed E-state index contributed by atoms with van der Waals surface area (Å²) in [6, 6.07) is 11.1. The number of hydrogen-bond donors (Lipinski definition) is 3. The normalized spacial score (nSPS) is 20.7. The molecule has 2 fully saturated rings. The molecule has 0 atom stereocenters. The molecule has 2 aliphatic rings. The third-order valence-electron chi connectivity index (χ3n) is 8.74. The second kappa shape index (κ2) is 10.4. The Labute approximate surface area is 236 Å². The number of hydrogen-bond acceptors (Lipinski definition) is 7. The van der Waals surface area contributed by atoms with E-state index in [0.717, 1.165) is 79.0 Å². The van der Waals surface area contributed by atoms with Crippen molar-refractivity contribution < 1.29 is 8.78 Å². The highest BCUT2D eigenvalue weighted by atomic mass is 19.2. The zero-order chi connectivity index (χ0) is 28.1. The molecule has 2 aromatic carbocycles. The molecule has 0 radical (unpaired) electrons. The lowest BCUT2D eigenvalue weighted by molar-refractivity contribution is 0.0828. The molecule has 9 nitrogen and oxygen atoms in total. The van der Waals surface area contributed by atoms with Crippen LogP contribution in [0.3, 0.4) is 0 Å². The molecular formula is C30H33F2N9. The molecule has 0 bridgehead atoms. The number of benzene rings is 2. The number of rotatable bonds is 5. The SMILES string of the molecule is CN1CCN([C@H]2CC[C@H](n3cc(-c4ccc(Nc5nc6cc(F)c(F)cc6[nH]5)cc4)c4c(N)ncnc43)CC2)CC1. The average Bonchev–Trinajstić information content (AvgIpc) is 3.56. The highest BCUT2D eigenvalue weighted by Gasteiger charge is 2.30. The van der Waals surface area contributed by atoms with Crippen LogP contribution in [0.4, 0.5) is 26.2 Å². The van der Waals surface area contributed by atoms with Gasteiger partial charge in [0, 0.05) is 67.8 Å². The molecule has 3 aromatic heterocycles. The first-order valence-corrected chi connectivity index (χ1v) is 14.2. The fourth-order valence-electron chi connectivity index (χ4n) is 6.43. The van der Waals surface area contributed by atoms with E-state index in [1.165, 1.54) is 12.8 Å².